The molecule has 0 saturated carbocycles. The molecule has 0 bridgehead atoms. The van der Waals surface area contributed by atoms with Gasteiger partial charge < -0.3 is 0 Å². The standard InChI is InChI=1S/C10H11F3S/c1-7(14-2)8-3-5-9(6-4-8)10(11,12)13/h3-7H,1-2H3. The summed E-state index contributed by atoms with van der Waals surface area (Å²) in [5, 5.41) is 0.234. The number of halogens is 3. The Labute approximate surface area is 85.5 Å². The smallest absolute Gasteiger partial charge is 0.166 e. The lowest BCUT2D eigenvalue weighted by Gasteiger charge is -2.10. The topological polar surface area (TPSA) is 0 Å². The SMILES string of the molecule is CSC(C)c1ccc(C(F)(F)F)cc1. The van der Waals surface area contributed by atoms with E-state index in [1.54, 1.807) is 11.8 Å². The molecule has 0 aromatic heterocycles. The second kappa shape index (κ2) is 4.26. The van der Waals surface area contributed by atoms with Crippen LogP contribution in [0.3, 0.4) is 0 Å². The number of hydrogen-bond acceptors (Lipinski definition) is 1. The largest absolute Gasteiger partial charge is 0.416 e. The molecule has 0 heterocycles. The highest BCUT2D eigenvalue weighted by Gasteiger charge is 2.29. The fourth-order valence-corrected chi connectivity index (χ4v) is 1.51. The van der Waals surface area contributed by atoms with Crippen molar-refractivity contribution in [1.29, 1.82) is 0 Å². The first-order chi connectivity index (χ1) is 6.45. The van der Waals surface area contributed by atoms with Crippen LogP contribution in [0.25, 0.3) is 0 Å². The Balaban J connectivity index is 2.89. The third-order valence-electron chi connectivity index (χ3n) is 2.06. The maximum absolute atomic E-state index is 12.2. The Morgan fingerprint density at radius 2 is 1.64 bits per heavy atom. The lowest BCUT2D eigenvalue weighted by molar-refractivity contribution is -0.137. The van der Waals surface area contributed by atoms with E-state index in [-0.39, 0.29) is 5.25 Å². The van der Waals surface area contributed by atoms with Crippen LogP contribution in [0.15, 0.2) is 24.3 Å². The van der Waals surface area contributed by atoms with Gasteiger partial charge in [-0.05, 0) is 30.9 Å². The van der Waals surface area contributed by atoms with Gasteiger partial charge in [0.05, 0.1) is 5.56 Å². The molecule has 0 radical (unpaired) electrons. The van der Waals surface area contributed by atoms with Gasteiger partial charge in [-0.1, -0.05) is 12.1 Å². The van der Waals surface area contributed by atoms with Crippen LogP contribution in [0.5, 0.6) is 0 Å². The lowest BCUT2D eigenvalue weighted by Crippen LogP contribution is -2.04. The number of benzene rings is 1. The zero-order chi connectivity index (χ0) is 10.8. The summed E-state index contributed by atoms with van der Waals surface area (Å²) >= 11 is 1.61. The summed E-state index contributed by atoms with van der Waals surface area (Å²) in [7, 11) is 0. The van der Waals surface area contributed by atoms with Crippen molar-refractivity contribution in [2.75, 3.05) is 6.26 Å². The predicted molar refractivity (Wildman–Crippen MR) is 53.4 cm³/mol. The summed E-state index contributed by atoms with van der Waals surface area (Å²) in [4.78, 5) is 0. The second-order valence-corrected chi connectivity index (χ2v) is 4.18. The van der Waals surface area contributed by atoms with Crippen molar-refractivity contribution in [3.05, 3.63) is 35.4 Å². The molecule has 0 aliphatic carbocycles. The predicted octanol–water partition coefficient (Wildman–Crippen LogP) is 4.13. The molecule has 1 unspecified atom stereocenters. The number of rotatable bonds is 2. The summed E-state index contributed by atoms with van der Waals surface area (Å²) in [5.74, 6) is 0. The van der Waals surface area contributed by atoms with Crippen LogP contribution in [0.4, 0.5) is 13.2 Å². The van der Waals surface area contributed by atoms with Gasteiger partial charge in [0.1, 0.15) is 0 Å². The molecule has 0 nitrogen and oxygen atoms in total. The molecule has 0 spiro atoms. The van der Waals surface area contributed by atoms with E-state index in [1.807, 2.05) is 13.2 Å². The van der Waals surface area contributed by atoms with Crippen molar-refractivity contribution in [2.24, 2.45) is 0 Å². The third kappa shape index (κ3) is 2.67. The Morgan fingerprint density at radius 1 is 1.14 bits per heavy atom. The van der Waals surface area contributed by atoms with E-state index in [2.05, 4.69) is 0 Å². The zero-order valence-corrected chi connectivity index (χ0v) is 8.75. The molecule has 0 fully saturated rings. The molecule has 14 heavy (non-hydrogen) atoms. The lowest BCUT2D eigenvalue weighted by atomic mass is 10.1. The Morgan fingerprint density at radius 3 is 2.00 bits per heavy atom. The first kappa shape index (κ1) is 11.4. The van der Waals surface area contributed by atoms with Crippen molar-refractivity contribution >= 4 is 11.8 Å². The molecule has 0 N–H and O–H groups in total. The molecule has 4 heteroatoms. The molecule has 1 atom stereocenters. The summed E-state index contributed by atoms with van der Waals surface area (Å²) in [6.07, 6.45) is -2.30. The Bertz CT molecular complexity index is 289. The highest BCUT2D eigenvalue weighted by atomic mass is 32.2. The van der Waals surface area contributed by atoms with Gasteiger partial charge >= 0.3 is 6.18 Å². The van der Waals surface area contributed by atoms with Gasteiger partial charge in [-0.15, -0.1) is 0 Å². The summed E-state index contributed by atoms with van der Waals surface area (Å²) in [6.45, 7) is 1.97. The fraction of sp³-hybridized carbons (Fsp3) is 0.400. The Hall–Kier alpha value is -0.640. The number of thioether (sulfide) groups is 1. The molecule has 0 aliphatic rings. The molecule has 0 aliphatic heterocycles. The van der Waals surface area contributed by atoms with E-state index in [9.17, 15) is 13.2 Å². The maximum Gasteiger partial charge on any atom is 0.416 e. The van der Waals surface area contributed by atoms with Crippen LogP contribution in [0.2, 0.25) is 0 Å². The molecular formula is C10H11F3S. The molecule has 0 amide bonds. The minimum atomic E-state index is -4.23. The monoisotopic (exact) mass is 220 g/mol. The van der Waals surface area contributed by atoms with Gasteiger partial charge in [-0.2, -0.15) is 24.9 Å². The zero-order valence-electron chi connectivity index (χ0n) is 7.93. The molecule has 1 rings (SSSR count). The van der Waals surface area contributed by atoms with Crippen molar-refractivity contribution in [3.63, 3.8) is 0 Å². The third-order valence-corrected chi connectivity index (χ3v) is 3.04. The van der Waals surface area contributed by atoms with Crippen molar-refractivity contribution < 1.29 is 13.2 Å². The number of hydrogen-bond donors (Lipinski definition) is 0. The average molecular weight is 220 g/mol. The van der Waals surface area contributed by atoms with E-state index in [4.69, 9.17) is 0 Å². The minimum Gasteiger partial charge on any atom is -0.166 e. The summed E-state index contributed by atoms with van der Waals surface area (Å²) < 4.78 is 36.6. The van der Waals surface area contributed by atoms with E-state index < -0.39 is 11.7 Å². The van der Waals surface area contributed by atoms with E-state index in [1.165, 1.54) is 12.1 Å². The van der Waals surface area contributed by atoms with E-state index >= 15 is 0 Å². The van der Waals surface area contributed by atoms with Crippen LogP contribution in [-0.4, -0.2) is 6.26 Å². The van der Waals surface area contributed by atoms with Crippen LogP contribution in [0, 0.1) is 0 Å². The summed E-state index contributed by atoms with van der Waals surface area (Å²) in [6, 6.07) is 5.32. The molecule has 1 aromatic rings. The normalized spacial score (nSPS) is 14.1. The van der Waals surface area contributed by atoms with Gasteiger partial charge in [0.15, 0.2) is 0 Å². The highest BCUT2D eigenvalue weighted by Crippen LogP contribution is 2.31. The van der Waals surface area contributed by atoms with Gasteiger partial charge in [0.25, 0.3) is 0 Å². The molecule has 1 aromatic carbocycles. The average Bonchev–Trinajstić information content (AvgIpc) is 2.15. The first-order valence-corrected chi connectivity index (χ1v) is 5.44. The quantitative estimate of drug-likeness (QED) is 0.722. The van der Waals surface area contributed by atoms with Crippen molar-refractivity contribution in [1.82, 2.24) is 0 Å². The van der Waals surface area contributed by atoms with Crippen LogP contribution in [0.1, 0.15) is 23.3 Å². The van der Waals surface area contributed by atoms with Crippen LogP contribution < -0.4 is 0 Å². The van der Waals surface area contributed by atoms with E-state index in [0.29, 0.717) is 0 Å². The van der Waals surface area contributed by atoms with Gasteiger partial charge in [-0.3, -0.25) is 0 Å². The minimum absolute atomic E-state index is 0.234. The van der Waals surface area contributed by atoms with Crippen molar-refractivity contribution in [3.8, 4) is 0 Å². The van der Waals surface area contributed by atoms with Gasteiger partial charge in [-0.25, -0.2) is 0 Å². The van der Waals surface area contributed by atoms with E-state index in [0.717, 1.165) is 17.7 Å². The fourth-order valence-electron chi connectivity index (χ4n) is 1.08. The van der Waals surface area contributed by atoms with Crippen LogP contribution >= 0.6 is 11.8 Å². The molecule has 0 saturated heterocycles. The second-order valence-electron chi connectivity index (χ2n) is 3.00. The highest BCUT2D eigenvalue weighted by molar-refractivity contribution is 7.98. The molecule has 78 valence electrons. The maximum atomic E-state index is 12.2. The van der Waals surface area contributed by atoms with Crippen LogP contribution in [-0.2, 0) is 6.18 Å². The van der Waals surface area contributed by atoms with Crippen molar-refractivity contribution in [2.45, 2.75) is 18.3 Å². The van der Waals surface area contributed by atoms with Gasteiger partial charge in [0.2, 0.25) is 0 Å². The van der Waals surface area contributed by atoms with Gasteiger partial charge in [0, 0.05) is 5.25 Å². The number of alkyl halides is 3. The summed E-state index contributed by atoms with van der Waals surface area (Å²) in [5.41, 5.74) is 0.333. The first-order valence-electron chi connectivity index (χ1n) is 4.15. The Kier molecular flexibility index (Phi) is 3.48. The molecular weight excluding hydrogens is 209 g/mol.